The third-order valence-electron chi connectivity index (χ3n) is 2.28. The van der Waals surface area contributed by atoms with Crippen molar-refractivity contribution in [2.45, 2.75) is 6.54 Å². The fourth-order valence-corrected chi connectivity index (χ4v) is 1.42. The Morgan fingerprint density at radius 1 is 1.24 bits per heavy atom. The summed E-state index contributed by atoms with van der Waals surface area (Å²) >= 11 is 0. The second-order valence-corrected chi connectivity index (χ2v) is 3.49. The van der Waals surface area contributed by atoms with Crippen LogP contribution in [0.4, 0.5) is 0 Å². The van der Waals surface area contributed by atoms with Crippen LogP contribution in [0.3, 0.4) is 0 Å². The highest BCUT2D eigenvalue weighted by atomic mass is 16.3. The maximum Gasteiger partial charge on any atom is 0.259 e. The van der Waals surface area contributed by atoms with E-state index in [4.69, 9.17) is 4.42 Å². The number of carbonyl (C=O) groups excluding carboxylic acids is 1. The SMILES string of the molecule is O=C(NCc1ccoc1)c1c(O)cccc1O. The zero-order valence-corrected chi connectivity index (χ0v) is 8.88. The Labute approximate surface area is 97.3 Å². The highest BCUT2D eigenvalue weighted by molar-refractivity contribution is 5.99. The molecular weight excluding hydrogens is 222 g/mol. The summed E-state index contributed by atoms with van der Waals surface area (Å²) in [4.78, 5) is 11.7. The van der Waals surface area contributed by atoms with E-state index in [1.165, 1.54) is 30.7 Å². The molecule has 0 aliphatic heterocycles. The molecule has 0 unspecified atom stereocenters. The van der Waals surface area contributed by atoms with Crippen LogP contribution in [0.1, 0.15) is 15.9 Å². The molecule has 0 saturated carbocycles. The third-order valence-corrected chi connectivity index (χ3v) is 2.28. The lowest BCUT2D eigenvalue weighted by molar-refractivity contribution is 0.0945. The van der Waals surface area contributed by atoms with E-state index >= 15 is 0 Å². The number of amides is 1. The summed E-state index contributed by atoms with van der Waals surface area (Å²) in [6.45, 7) is 0.267. The molecule has 0 aliphatic carbocycles. The number of phenols is 2. The number of aromatic hydroxyl groups is 2. The van der Waals surface area contributed by atoms with Crippen LogP contribution in [-0.4, -0.2) is 16.1 Å². The van der Waals surface area contributed by atoms with Crippen LogP contribution in [0.5, 0.6) is 11.5 Å². The van der Waals surface area contributed by atoms with Gasteiger partial charge in [0, 0.05) is 12.1 Å². The molecule has 0 aliphatic rings. The first kappa shape index (κ1) is 11.1. The number of benzene rings is 1. The van der Waals surface area contributed by atoms with Crippen molar-refractivity contribution in [1.29, 1.82) is 0 Å². The maximum atomic E-state index is 11.7. The predicted molar refractivity (Wildman–Crippen MR) is 59.6 cm³/mol. The van der Waals surface area contributed by atoms with Gasteiger partial charge in [-0.2, -0.15) is 0 Å². The topological polar surface area (TPSA) is 82.7 Å². The largest absolute Gasteiger partial charge is 0.507 e. The maximum absolute atomic E-state index is 11.7. The first-order valence-corrected chi connectivity index (χ1v) is 4.98. The summed E-state index contributed by atoms with van der Waals surface area (Å²) in [5.41, 5.74) is 0.671. The van der Waals surface area contributed by atoms with E-state index in [0.29, 0.717) is 0 Å². The zero-order valence-electron chi connectivity index (χ0n) is 8.88. The Balaban J connectivity index is 2.10. The van der Waals surface area contributed by atoms with Crippen LogP contribution in [0.15, 0.2) is 41.2 Å². The highest BCUT2D eigenvalue weighted by Crippen LogP contribution is 2.25. The smallest absolute Gasteiger partial charge is 0.259 e. The molecule has 88 valence electrons. The molecule has 0 fully saturated rings. The first-order chi connectivity index (χ1) is 8.18. The molecule has 1 amide bonds. The third kappa shape index (κ3) is 2.39. The van der Waals surface area contributed by atoms with E-state index in [2.05, 4.69) is 5.32 Å². The van der Waals surface area contributed by atoms with E-state index < -0.39 is 5.91 Å². The van der Waals surface area contributed by atoms with E-state index in [-0.39, 0.29) is 23.6 Å². The van der Waals surface area contributed by atoms with E-state index in [1.54, 1.807) is 6.07 Å². The Hall–Kier alpha value is -2.43. The molecule has 0 radical (unpaired) electrons. The average Bonchev–Trinajstić information content (AvgIpc) is 2.79. The van der Waals surface area contributed by atoms with Crippen molar-refractivity contribution < 1.29 is 19.4 Å². The fourth-order valence-electron chi connectivity index (χ4n) is 1.42. The Bertz CT molecular complexity index is 499. The summed E-state index contributed by atoms with van der Waals surface area (Å²) in [6.07, 6.45) is 3.00. The molecule has 0 bridgehead atoms. The van der Waals surface area contributed by atoms with Gasteiger partial charge in [0.1, 0.15) is 17.1 Å². The minimum Gasteiger partial charge on any atom is -0.507 e. The monoisotopic (exact) mass is 233 g/mol. The number of phenolic OH excluding ortho intramolecular Hbond substituents is 2. The number of carbonyl (C=O) groups is 1. The average molecular weight is 233 g/mol. The van der Waals surface area contributed by atoms with E-state index in [9.17, 15) is 15.0 Å². The lowest BCUT2D eigenvalue weighted by Gasteiger charge is -2.07. The van der Waals surface area contributed by atoms with Crippen LogP contribution in [0.2, 0.25) is 0 Å². The lowest BCUT2D eigenvalue weighted by atomic mass is 10.1. The van der Waals surface area contributed by atoms with Crippen molar-refractivity contribution in [3.05, 3.63) is 47.9 Å². The molecule has 0 spiro atoms. The Morgan fingerprint density at radius 3 is 2.53 bits per heavy atom. The van der Waals surface area contributed by atoms with Gasteiger partial charge in [0.2, 0.25) is 0 Å². The first-order valence-electron chi connectivity index (χ1n) is 4.98. The lowest BCUT2D eigenvalue weighted by Crippen LogP contribution is -2.22. The summed E-state index contributed by atoms with van der Waals surface area (Å²) in [5.74, 6) is -1.05. The molecule has 5 heteroatoms. The van der Waals surface area contributed by atoms with E-state index in [0.717, 1.165) is 5.56 Å². The number of hydrogen-bond donors (Lipinski definition) is 3. The van der Waals surface area contributed by atoms with Crippen molar-refractivity contribution in [2.24, 2.45) is 0 Å². The number of rotatable bonds is 3. The van der Waals surface area contributed by atoms with Gasteiger partial charge in [0.15, 0.2) is 0 Å². The normalized spacial score (nSPS) is 10.1. The highest BCUT2D eigenvalue weighted by Gasteiger charge is 2.15. The molecule has 3 N–H and O–H groups in total. The van der Waals surface area contributed by atoms with Crippen molar-refractivity contribution in [3.8, 4) is 11.5 Å². The van der Waals surface area contributed by atoms with Gasteiger partial charge in [-0.15, -0.1) is 0 Å². The molecule has 1 aromatic heterocycles. The molecule has 1 aromatic carbocycles. The second kappa shape index (κ2) is 4.61. The van der Waals surface area contributed by atoms with Gasteiger partial charge in [-0.3, -0.25) is 4.79 Å². The molecular formula is C12H11NO4. The van der Waals surface area contributed by atoms with Gasteiger partial charge in [-0.1, -0.05) is 6.07 Å². The van der Waals surface area contributed by atoms with Crippen LogP contribution >= 0.6 is 0 Å². The van der Waals surface area contributed by atoms with Crippen LogP contribution in [0.25, 0.3) is 0 Å². The van der Waals surface area contributed by atoms with Crippen LogP contribution in [-0.2, 0) is 6.54 Å². The Morgan fingerprint density at radius 2 is 1.94 bits per heavy atom. The van der Waals surface area contributed by atoms with Crippen molar-refractivity contribution in [3.63, 3.8) is 0 Å². The second-order valence-electron chi connectivity index (χ2n) is 3.49. The summed E-state index contributed by atoms with van der Waals surface area (Å²) in [5, 5.41) is 21.5. The van der Waals surface area contributed by atoms with Crippen LogP contribution < -0.4 is 5.32 Å². The molecule has 5 nitrogen and oxygen atoms in total. The standard InChI is InChI=1S/C12H11NO4/c14-9-2-1-3-10(15)11(9)12(16)13-6-8-4-5-17-7-8/h1-5,7,14-15H,6H2,(H,13,16). The molecule has 0 saturated heterocycles. The van der Waals surface area contributed by atoms with Gasteiger partial charge < -0.3 is 19.9 Å². The molecule has 1 heterocycles. The zero-order chi connectivity index (χ0) is 12.3. The molecule has 2 aromatic rings. The number of hydrogen-bond acceptors (Lipinski definition) is 4. The Kier molecular flexibility index (Phi) is 3.00. The minimum absolute atomic E-state index is 0.129. The fraction of sp³-hybridized carbons (Fsp3) is 0.0833. The number of furan rings is 1. The van der Waals surface area contributed by atoms with Gasteiger partial charge >= 0.3 is 0 Å². The molecule has 2 rings (SSSR count). The predicted octanol–water partition coefficient (Wildman–Crippen LogP) is 1.62. The van der Waals surface area contributed by atoms with Crippen molar-refractivity contribution >= 4 is 5.91 Å². The van der Waals surface area contributed by atoms with Gasteiger partial charge in [-0.25, -0.2) is 0 Å². The summed E-state index contributed by atoms with van der Waals surface area (Å²) < 4.78 is 4.85. The van der Waals surface area contributed by atoms with Gasteiger partial charge in [0.25, 0.3) is 5.91 Å². The van der Waals surface area contributed by atoms with E-state index in [1.807, 2.05) is 0 Å². The number of nitrogens with one attached hydrogen (secondary N) is 1. The summed E-state index contributed by atoms with van der Waals surface area (Å²) in [6, 6.07) is 5.85. The van der Waals surface area contributed by atoms with Crippen molar-refractivity contribution in [1.82, 2.24) is 5.32 Å². The van der Waals surface area contributed by atoms with Crippen LogP contribution in [0, 0.1) is 0 Å². The summed E-state index contributed by atoms with van der Waals surface area (Å²) in [7, 11) is 0. The van der Waals surface area contributed by atoms with Gasteiger partial charge in [0.05, 0.1) is 12.5 Å². The molecule has 17 heavy (non-hydrogen) atoms. The molecule has 0 atom stereocenters. The quantitative estimate of drug-likeness (QED) is 0.752. The van der Waals surface area contributed by atoms with Crippen molar-refractivity contribution in [2.75, 3.05) is 0 Å². The minimum atomic E-state index is -0.540. The van der Waals surface area contributed by atoms with Gasteiger partial charge in [-0.05, 0) is 18.2 Å².